The largest absolute Gasteiger partial charge is 0.462 e. The van der Waals surface area contributed by atoms with Crippen molar-refractivity contribution >= 4 is 59.2 Å². The lowest BCUT2D eigenvalue weighted by atomic mass is 10.00. The van der Waals surface area contributed by atoms with Gasteiger partial charge in [-0.1, -0.05) is 32.5 Å². The number of ether oxygens (including phenoxy) is 2. The number of carbonyl (C=O) groups is 2. The van der Waals surface area contributed by atoms with Crippen LogP contribution in [0.15, 0.2) is 12.7 Å². The molecule has 3 heterocycles. The molecule has 17 heteroatoms. The Kier molecular flexibility index (Phi) is 10.8. The minimum Gasteiger partial charge on any atom is -0.462 e. The number of carbonyl (C=O) groups excluding carboxylic acids is 2. The van der Waals surface area contributed by atoms with Crippen molar-refractivity contribution in [2.24, 2.45) is 5.41 Å². The van der Waals surface area contributed by atoms with Gasteiger partial charge in [0, 0.05) is 11.2 Å². The van der Waals surface area contributed by atoms with Crippen molar-refractivity contribution in [2.75, 3.05) is 24.7 Å². The van der Waals surface area contributed by atoms with Gasteiger partial charge in [0.25, 0.3) is 0 Å². The normalized spacial score (nSPS) is 25.4. The fraction of sp³-hybridized carbons (Fsp3) is 0.708. The van der Waals surface area contributed by atoms with E-state index in [4.69, 9.17) is 35.9 Å². The topological polar surface area (TPSA) is 190 Å². The molecule has 0 amide bonds. The molecule has 0 aromatic carbocycles. The van der Waals surface area contributed by atoms with E-state index in [2.05, 4.69) is 20.0 Å². The van der Waals surface area contributed by atoms with Crippen molar-refractivity contribution < 1.29 is 37.8 Å². The third-order valence-electron chi connectivity index (χ3n) is 6.01. The van der Waals surface area contributed by atoms with Gasteiger partial charge in [-0.3, -0.25) is 23.2 Å². The highest BCUT2D eigenvalue weighted by molar-refractivity contribution is 8.13. The predicted molar refractivity (Wildman–Crippen MR) is 154 cm³/mol. The maximum atomic E-state index is 13.7. The maximum absolute atomic E-state index is 13.7. The molecule has 1 aliphatic heterocycles. The second-order valence-corrected chi connectivity index (χ2v) is 14.7. The fourth-order valence-electron chi connectivity index (χ4n) is 3.81. The van der Waals surface area contributed by atoms with Crippen LogP contribution >= 0.6 is 31.1 Å². The number of esters is 1. The van der Waals surface area contributed by atoms with Crippen molar-refractivity contribution in [3.05, 3.63) is 12.7 Å². The van der Waals surface area contributed by atoms with Crippen LogP contribution in [0.3, 0.4) is 0 Å². The molecule has 2 aromatic heterocycles. The van der Waals surface area contributed by atoms with Gasteiger partial charge in [-0.2, -0.15) is 0 Å². The van der Waals surface area contributed by atoms with Gasteiger partial charge in [-0.25, -0.2) is 24.6 Å². The van der Waals surface area contributed by atoms with Crippen molar-refractivity contribution in [3.8, 4) is 0 Å². The Morgan fingerprint density at radius 1 is 1.29 bits per heavy atom. The molecular formula is C24H38ClN6O8PS. The molecule has 230 valence electrons. The summed E-state index contributed by atoms with van der Waals surface area (Å²) in [6, 6.07) is -1.06. The summed E-state index contributed by atoms with van der Waals surface area (Å²) < 4.78 is 37.7. The molecule has 1 fully saturated rings. The molecule has 1 unspecified atom stereocenters. The Hall–Kier alpha value is -1.84. The Bertz CT molecular complexity index is 1290. The number of rotatable bonds is 12. The van der Waals surface area contributed by atoms with E-state index in [-0.39, 0.29) is 23.3 Å². The molecule has 0 saturated carbocycles. The van der Waals surface area contributed by atoms with Gasteiger partial charge in [0.1, 0.15) is 35.0 Å². The third kappa shape index (κ3) is 8.17. The highest BCUT2D eigenvalue weighted by Gasteiger charge is 2.54. The molecule has 6 atom stereocenters. The summed E-state index contributed by atoms with van der Waals surface area (Å²) in [6.45, 7) is 11.2. The highest BCUT2D eigenvalue weighted by Crippen LogP contribution is 2.48. The number of imidazole rings is 1. The van der Waals surface area contributed by atoms with Crippen LogP contribution < -0.4 is 10.8 Å². The number of nitrogen functional groups attached to an aromatic ring is 1. The van der Waals surface area contributed by atoms with Gasteiger partial charge in [-0.15, -0.1) is 11.6 Å². The van der Waals surface area contributed by atoms with Crippen LogP contribution in [-0.4, -0.2) is 83.9 Å². The number of aromatic nitrogens is 4. The minimum absolute atomic E-state index is 0.0624. The monoisotopic (exact) mass is 636 g/mol. The summed E-state index contributed by atoms with van der Waals surface area (Å²) in [6.07, 6.45) is -1.01. The van der Waals surface area contributed by atoms with Gasteiger partial charge < -0.3 is 20.3 Å². The number of halogens is 1. The molecule has 0 spiro atoms. The number of nitrogens with zero attached hydrogens (tertiary/aromatic N) is 4. The number of aliphatic hydroxyl groups is 1. The molecule has 4 N–H and O–H groups in total. The first-order valence-electron chi connectivity index (χ1n) is 13.0. The average Bonchev–Trinajstić information content (AvgIpc) is 3.38. The molecule has 0 radical (unpaired) electrons. The first-order valence-corrected chi connectivity index (χ1v) is 15.9. The van der Waals surface area contributed by atoms with Gasteiger partial charge in [0.05, 0.1) is 25.6 Å². The van der Waals surface area contributed by atoms with E-state index in [1.165, 1.54) is 24.1 Å². The third-order valence-corrected chi connectivity index (χ3v) is 9.38. The molecule has 1 saturated heterocycles. The minimum atomic E-state index is -4.19. The lowest BCUT2D eigenvalue weighted by Gasteiger charge is -2.26. The summed E-state index contributed by atoms with van der Waals surface area (Å²) >= 11 is 7.77. The summed E-state index contributed by atoms with van der Waals surface area (Å²) in [5.41, 5.74) is 6.01. The molecule has 0 bridgehead atoms. The van der Waals surface area contributed by atoms with E-state index in [0.29, 0.717) is 11.2 Å². The van der Waals surface area contributed by atoms with Crippen LogP contribution in [0.5, 0.6) is 0 Å². The van der Waals surface area contributed by atoms with Crippen LogP contribution in [0, 0.1) is 5.41 Å². The SMILES string of the molecule is CC(C)OC(=O)[C@@H](C)NP(=O)(OCCSC(=O)C(C)(C)C)OC[C@H]1O[C@@H](n2cnc3c(N)ncnc32)[C@](C)(Cl)[C@@H]1O. The predicted octanol–water partition coefficient (Wildman–Crippen LogP) is 3.04. The van der Waals surface area contributed by atoms with Crippen LogP contribution in [0.2, 0.25) is 0 Å². The zero-order valence-corrected chi connectivity index (χ0v) is 26.5. The number of thioether (sulfide) groups is 1. The summed E-state index contributed by atoms with van der Waals surface area (Å²) in [5, 5.41) is 13.5. The van der Waals surface area contributed by atoms with E-state index in [1.807, 2.05) is 0 Å². The molecule has 2 aromatic rings. The Morgan fingerprint density at radius 3 is 2.61 bits per heavy atom. The number of nitrogens with two attached hydrogens (primary N) is 1. The zero-order valence-electron chi connectivity index (χ0n) is 24.1. The molecule has 41 heavy (non-hydrogen) atoms. The van der Waals surface area contributed by atoms with Crippen molar-refractivity contribution in [3.63, 3.8) is 0 Å². The number of alkyl halides is 1. The Balaban J connectivity index is 1.74. The number of hydrogen-bond acceptors (Lipinski definition) is 13. The van der Waals surface area contributed by atoms with E-state index in [0.717, 1.165) is 11.8 Å². The van der Waals surface area contributed by atoms with Crippen LogP contribution in [0.25, 0.3) is 11.2 Å². The van der Waals surface area contributed by atoms with Crippen molar-refractivity contribution in [2.45, 2.75) is 83.9 Å². The van der Waals surface area contributed by atoms with Gasteiger partial charge in [0.2, 0.25) is 0 Å². The number of fused-ring (bicyclic) bond motifs is 1. The number of nitrogens with one attached hydrogen (secondary N) is 1. The van der Waals surface area contributed by atoms with Gasteiger partial charge in [-0.05, 0) is 27.7 Å². The lowest BCUT2D eigenvalue weighted by Crippen LogP contribution is -2.40. The van der Waals surface area contributed by atoms with E-state index in [9.17, 15) is 19.3 Å². The molecule has 1 aliphatic rings. The Labute approximate surface area is 248 Å². The first kappa shape index (κ1) is 33.7. The molecule has 14 nitrogen and oxygen atoms in total. The zero-order chi connectivity index (χ0) is 30.8. The van der Waals surface area contributed by atoms with E-state index in [1.54, 1.807) is 41.5 Å². The summed E-state index contributed by atoms with van der Waals surface area (Å²) in [7, 11) is -4.19. The highest BCUT2D eigenvalue weighted by atomic mass is 35.5. The maximum Gasteiger partial charge on any atom is 0.406 e. The number of anilines is 1. The molecular weight excluding hydrogens is 599 g/mol. The quantitative estimate of drug-likeness (QED) is 0.133. The lowest BCUT2D eigenvalue weighted by molar-refractivity contribution is -0.149. The van der Waals surface area contributed by atoms with Crippen LogP contribution in [0.1, 0.15) is 54.7 Å². The van der Waals surface area contributed by atoms with Gasteiger partial charge in [0.15, 0.2) is 22.8 Å². The second kappa shape index (κ2) is 13.2. The molecule has 3 rings (SSSR count). The van der Waals surface area contributed by atoms with E-state index >= 15 is 0 Å². The summed E-state index contributed by atoms with van der Waals surface area (Å²) in [4.78, 5) is 35.6. The summed E-state index contributed by atoms with van der Waals surface area (Å²) in [5.74, 6) is -0.303. The number of aliphatic hydroxyl groups excluding tert-OH is 1. The van der Waals surface area contributed by atoms with Gasteiger partial charge >= 0.3 is 13.7 Å². The smallest absolute Gasteiger partial charge is 0.406 e. The van der Waals surface area contributed by atoms with Crippen LogP contribution in [0.4, 0.5) is 5.82 Å². The van der Waals surface area contributed by atoms with Crippen molar-refractivity contribution in [1.82, 2.24) is 24.6 Å². The molecule has 0 aliphatic carbocycles. The fourth-order valence-corrected chi connectivity index (χ4v) is 6.49. The second-order valence-electron chi connectivity index (χ2n) is 11.1. The number of hydrogen-bond donors (Lipinski definition) is 3. The van der Waals surface area contributed by atoms with Crippen LogP contribution in [-0.2, 0) is 32.7 Å². The average molecular weight is 637 g/mol. The Morgan fingerprint density at radius 2 is 1.98 bits per heavy atom. The first-order chi connectivity index (χ1) is 19.0. The van der Waals surface area contributed by atoms with E-state index < -0.39 is 61.2 Å². The van der Waals surface area contributed by atoms with Crippen molar-refractivity contribution in [1.29, 1.82) is 0 Å². The standard InChI is InChI=1S/C24H38ClN6O8PS/c1-13(2)38-20(33)14(3)30-40(35,36-8-9-41-22(34)23(4,5)6)37-10-15-17(32)24(7,25)21(39-15)31-12-29-16-18(26)27-11-28-19(16)31/h11-15,17,21,32H,8-10H2,1-7H3,(H,30,35)(H2,26,27,28)/t14-,15-,17-,21-,24-,40?/m1/s1.